The fraction of sp³-hybridized carbons (Fsp3) is 0.908. The lowest BCUT2D eigenvalue weighted by molar-refractivity contribution is -0.143. The molecule has 1 amide bonds. The van der Waals surface area contributed by atoms with Gasteiger partial charge >= 0.3 is 5.97 Å². The first-order chi connectivity index (χ1) is 35.0. The van der Waals surface area contributed by atoms with E-state index in [4.69, 9.17) is 4.74 Å². The standard InChI is InChI=1S/C65H125NO5/c1-3-5-7-9-11-13-15-17-19-21-22-23-24-25-27-29-33-37-41-45-49-53-57-63(68)62(61-67)66-64(69)58-54-50-46-42-38-34-30-28-32-36-40-44-48-52-56-60-71-65(70)59-55-51-47-43-39-35-31-26-20-18-16-14-12-10-8-6-4-2/h12,14,18,20,62-63,67-68H,3-11,13,15-17,19,21-61H2,1-2H3,(H,66,69)/b14-12-,20-18-. The highest BCUT2D eigenvalue weighted by Crippen LogP contribution is 2.18. The van der Waals surface area contributed by atoms with Gasteiger partial charge in [-0.2, -0.15) is 0 Å². The van der Waals surface area contributed by atoms with Crippen LogP contribution < -0.4 is 5.32 Å². The predicted molar refractivity (Wildman–Crippen MR) is 310 cm³/mol. The molecule has 0 heterocycles. The topological polar surface area (TPSA) is 95.9 Å². The van der Waals surface area contributed by atoms with Crippen LogP contribution in [0.5, 0.6) is 0 Å². The average Bonchev–Trinajstić information content (AvgIpc) is 3.37. The molecular formula is C65H125NO5. The third-order valence-electron chi connectivity index (χ3n) is 15.0. The molecule has 0 aromatic heterocycles. The molecule has 0 aliphatic rings. The first-order valence-electron chi connectivity index (χ1n) is 32.1. The Labute approximate surface area is 443 Å². The Morgan fingerprint density at radius 3 is 1.10 bits per heavy atom. The normalized spacial score (nSPS) is 12.7. The van der Waals surface area contributed by atoms with Crippen LogP contribution in [0.4, 0.5) is 0 Å². The van der Waals surface area contributed by atoms with Crippen LogP contribution in [0.25, 0.3) is 0 Å². The summed E-state index contributed by atoms with van der Waals surface area (Å²) >= 11 is 0. The van der Waals surface area contributed by atoms with Gasteiger partial charge in [-0.3, -0.25) is 9.59 Å². The number of nitrogens with one attached hydrogen (secondary N) is 1. The van der Waals surface area contributed by atoms with E-state index in [2.05, 4.69) is 43.5 Å². The van der Waals surface area contributed by atoms with Crippen molar-refractivity contribution in [3.63, 3.8) is 0 Å². The highest BCUT2D eigenvalue weighted by molar-refractivity contribution is 5.76. The lowest BCUT2D eigenvalue weighted by Gasteiger charge is -2.22. The van der Waals surface area contributed by atoms with Crippen molar-refractivity contribution in [2.24, 2.45) is 0 Å². The molecule has 0 saturated heterocycles. The molecule has 71 heavy (non-hydrogen) atoms. The molecule has 0 aliphatic carbocycles. The number of hydrogen-bond donors (Lipinski definition) is 3. The van der Waals surface area contributed by atoms with Crippen molar-refractivity contribution >= 4 is 11.9 Å². The maximum atomic E-state index is 12.5. The Balaban J connectivity index is 3.42. The number of hydrogen-bond acceptors (Lipinski definition) is 5. The number of aliphatic hydroxyl groups is 2. The number of rotatable bonds is 60. The summed E-state index contributed by atoms with van der Waals surface area (Å²) in [5, 5.41) is 23.4. The zero-order valence-corrected chi connectivity index (χ0v) is 48.0. The van der Waals surface area contributed by atoms with Crippen molar-refractivity contribution in [3.05, 3.63) is 24.3 Å². The van der Waals surface area contributed by atoms with E-state index in [1.165, 1.54) is 263 Å². The largest absolute Gasteiger partial charge is 0.466 e. The zero-order chi connectivity index (χ0) is 51.4. The van der Waals surface area contributed by atoms with Crippen LogP contribution in [0, 0.1) is 0 Å². The van der Waals surface area contributed by atoms with Gasteiger partial charge in [0, 0.05) is 12.8 Å². The number of allylic oxidation sites excluding steroid dienone is 4. The third-order valence-corrected chi connectivity index (χ3v) is 15.0. The van der Waals surface area contributed by atoms with E-state index < -0.39 is 12.1 Å². The number of esters is 1. The van der Waals surface area contributed by atoms with E-state index >= 15 is 0 Å². The second kappa shape index (κ2) is 60.9. The fourth-order valence-corrected chi connectivity index (χ4v) is 10.1. The molecule has 0 aromatic rings. The van der Waals surface area contributed by atoms with E-state index in [1.807, 2.05) is 0 Å². The van der Waals surface area contributed by atoms with Crippen LogP contribution in [0.15, 0.2) is 24.3 Å². The Bertz CT molecular complexity index is 1110. The molecule has 0 aliphatic heterocycles. The molecule has 0 fully saturated rings. The summed E-state index contributed by atoms with van der Waals surface area (Å²) in [5.74, 6) is -0.0461. The monoisotopic (exact) mass is 1000 g/mol. The Morgan fingerprint density at radius 2 is 0.704 bits per heavy atom. The first kappa shape index (κ1) is 69.3. The van der Waals surface area contributed by atoms with Crippen LogP contribution in [0.1, 0.15) is 354 Å². The Hall–Kier alpha value is -1.66. The molecule has 0 saturated carbocycles. The van der Waals surface area contributed by atoms with Crippen molar-refractivity contribution in [2.75, 3.05) is 13.2 Å². The van der Waals surface area contributed by atoms with E-state index in [0.717, 1.165) is 57.8 Å². The van der Waals surface area contributed by atoms with Crippen molar-refractivity contribution in [1.29, 1.82) is 0 Å². The molecule has 3 N–H and O–H groups in total. The van der Waals surface area contributed by atoms with Crippen molar-refractivity contribution < 1.29 is 24.5 Å². The van der Waals surface area contributed by atoms with Gasteiger partial charge in [-0.1, -0.05) is 308 Å². The molecule has 0 bridgehead atoms. The van der Waals surface area contributed by atoms with Gasteiger partial charge in [0.1, 0.15) is 0 Å². The quantitative estimate of drug-likeness (QED) is 0.0320. The van der Waals surface area contributed by atoms with Crippen molar-refractivity contribution in [1.82, 2.24) is 5.32 Å². The van der Waals surface area contributed by atoms with Gasteiger partial charge in [-0.25, -0.2) is 0 Å². The van der Waals surface area contributed by atoms with E-state index in [0.29, 0.717) is 25.9 Å². The first-order valence-corrected chi connectivity index (χ1v) is 32.1. The second-order valence-electron chi connectivity index (χ2n) is 22.1. The minimum atomic E-state index is -0.672. The van der Waals surface area contributed by atoms with E-state index in [-0.39, 0.29) is 18.5 Å². The summed E-state index contributed by atoms with van der Waals surface area (Å²) in [6.45, 7) is 4.94. The van der Waals surface area contributed by atoms with Gasteiger partial charge < -0.3 is 20.3 Å². The van der Waals surface area contributed by atoms with Crippen molar-refractivity contribution in [3.8, 4) is 0 Å². The van der Waals surface area contributed by atoms with Gasteiger partial charge in [0.2, 0.25) is 5.91 Å². The molecule has 0 aromatic carbocycles. The molecule has 0 spiro atoms. The van der Waals surface area contributed by atoms with Crippen LogP contribution in [0.2, 0.25) is 0 Å². The van der Waals surface area contributed by atoms with E-state index in [1.54, 1.807) is 0 Å². The molecule has 420 valence electrons. The fourth-order valence-electron chi connectivity index (χ4n) is 10.1. The number of unbranched alkanes of at least 4 members (excludes halogenated alkanes) is 45. The summed E-state index contributed by atoms with van der Waals surface area (Å²) in [6.07, 6.45) is 74.7. The van der Waals surface area contributed by atoms with Gasteiger partial charge in [-0.05, 0) is 57.8 Å². The Morgan fingerprint density at radius 1 is 0.394 bits per heavy atom. The molecule has 0 rings (SSSR count). The lowest BCUT2D eigenvalue weighted by Crippen LogP contribution is -2.45. The minimum Gasteiger partial charge on any atom is -0.466 e. The Kier molecular flexibility index (Phi) is 59.5. The highest BCUT2D eigenvalue weighted by atomic mass is 16.5. The summed E-state index contributed by atoms with van der Waals surface area (Å²) < 4.78 is 5.48. The number of ether oxygens (including phenoxy) is 1. The summed E-state index contributed by atoms with van der Waals surface area (Å²) in [6, 6.07) is -0.549. The molecular weight excluding hydrogens is 875 g/mol. The van der Waals surface area contributed by atoms with Gasteiger partial charge in [0.05, 0.1) is 25.4 Å². The van der Waals surface area contributed by atoms with Crippen LogP contribution in [0.3, 0.4) is 0 Å². The predicted octanol–water partition coefficient (Wildman–Crippen LogP) is 20.2. The van der Waals surface area contributed by atoms with E-state index in [9.17, 15) is 19.8 Å². The van der Waals surface area contributed by atoms with Crippen LogP contribution in [-0.2, 0) is 14.3 Å². The SMILES string of the molecule is CCCCC/C=C\C/C=C\CCCCCCCCCC(=O)OCCCCCCCCCCCCCCCCCC(=O)NC(CO)C(O)CCCCCCCCCCCCCCCCCCCCCCCC. The van der Waals surface area contributed by atoms with Gasteiger partial charge in [0.25, 0.3) is 0 Å². The maximum absolute atomic E-state index is 12.5. The summed E-state index contributed by atoms with van der Waals surface area (Å²) in [5.41, 5.74) is 0. The molecule has 6 nitrogen and oxygen atoms in total. The minimum absolute atomic E-state index is 0.00603. The highest BCUT2D eigenvalue weighted by Gasteiger charge is 2.20. The van der Waals surface area contributed by atoms with Gasteiger partial charge in [-0.15, -0.1) is 0 Å². The zero-order valence-electron chi connectivity index (χ0n) is 48.0. The van der Waals surface area contributed by atoms with Crippen LogP contribution in [-0.4, -0.2) is 47.4 Å². The summed E-state index contributed by atoms with van der Waals surface area (Å²) in [4.78, 5) is 24.6. The maximum Gasteiger partial charge on any atom is 0.305 e. The molecule has 2 unspecified atom stereocenters. The third kappa shape index (κ3) is 57.5. The number of carbonyl (C=O) groups excluding carboxylic acids is 2. The number of aliphatic hydroxyl groups excluding tert-OH is 2. The molecule has 6 heteroatoms. The smallest absolute Gasteiger partial charge is 0.305 e. The molecule has 0 radical (unpaired) electrons. The molecule has 2 atom stereocenters. The number of amides is 1. The number of carbonyl (C=O) groups is 2. The van der Waals surface area contributed by atoms with Crippen molar-refractivity contribution in [2.45, 2.75) is 366 Å². The van der Waals surface area contributed by atoms with Gasteiger partial charge in [0.15, 0.2) is 0 Å². The lowest BCUT2D eigenvalue weighted by atomic mass is 10.0. The van der Waals surface area contributed by atoms with Crippen LogP contribution >= 0.6 is 0 Å². The second-order valence-corrected chi connectivity index (χ2v) is 22.1. The summed E-state index contributed by atoms with van der Waals surface area (Å²) in [7, 11) is 0. The average molecular weight is 1000 g/mol.